The summed E-state index contributed by atoms with van der Waals surface area (Å²) in [4.78, 5) is 25.0. The fraction of sp³-hybridized carbons (Fsp3) is 0.923. The third-order valence-corrected chi connectivity index (χ3v) is 10.9. The average molecular weight is 449 g/mol. The SMILES string of the molecule is C[C@@H](CCC(=O)O)[C@H]1CC[C@H]2[C@H]3[C@H](O)C[C@@H]4CC5(CC[C@]4(C)[C@@H]3CC(=O)[C@]12C)OCCO5. The molecule has 5 aliphatic rings. The van der Waals surface area contributed by atoms with Crippen molar-refractivity contribution in [2.45, 2.75) is 90.4 Å². The van der Waals surface area contributed by atoms with Crippen LogP contribution in [0.2, 0.25) is 0 Å². The molecule has 0 amide bonds. The average Bonchev–Trinajstić information content (AvgIpc) is 3.34. The van der Waals surface area contributed by atoms with Gasteiger partial charge in [0.1, 0.15) is 5.78 Å². The lowest BCUT2D eigenvalue weighted by Crippen LogP contribution is -2.62. The fourth-order valence-electron chi connectivity index (χ4n) is 9.14. The predicted molar refractivity (Wildman–Crippen MR) is 118 cm³/mol. The molecule has 0 bridgehead atoms. The Morgan fingerprint density at radius 2 is 1.88 bits per heavy atom. The minimum Gasteiger partial charge on any atom is -0.481 e. The van der Waals surface area contributed by atoms with Gasteiger partial charge in [0.15, 0.2) is 5.79 Å². The van der Waals surface area contributed by atoms with Crippen LogP contribution in [0.3, 0.4) is 0 Å². The molecule has 5 fully saturated rings. The largest absolute Gasteiger partial charge is 0.481 e. The van der Waals surface area contributed by atoms with Crippen molar-refractivity contribution in [1.82, 2.24) is 0 Å². The number of aliphatic carboxylic acids is 1. The first-order chi connectivity index (χ1) is 15.1. The van der Waals surface area contributed by atoms with E-state index in [4.69, 9.17) is 14.6 Å². The number of carboxylic acids is 1. The Kier molecular flexibility index (Phi) is 5.54. The summed E-state index contributed by atoms with van der Waals surface area (Å²) >= 11 is 0. The number of rotatable bonds is 4. The summed E-state index contributed by atoms with van der Waals surface area (Å²) < 4.78 is 12.0. The van der Waals surface area contributed by atoms with Crippen molar-refractivity contribution in [3.63, 3.8) is 0 Å². The lowest BCUT2D eigenvalue weighted by molar-refractivity contribution is -0.240. The molecule has 2 N–H and O–H groups in total. The number of fused-ring (bicyclic) bond motifs is 5. The van der Waals surface area contributed by atoms with Gasteiger partial charge in [0.25, 0.3) is 0 Å². The maximum absolute atomic E-state index is 13.8. The van der Waals surface area contributed by atoms with Gasteiger partial charge in [-0.05, 0) is 73.0 Å². The Hall–Kier alpha value is -0.980. The smallest absolute Gasteiger partial charge is 0.303 e. The highest BCUT2D eigenvalue weighted by molar-refractivity contribution is 5.87. The Morgan fingerprint density at radius 1 is 1.16 bits per heavy atom. The van der Waals surface area contributed by atoms with Gasteiger partial charge in [0, 0.05) is 31.1 Å². The molecule has 5 rings (SSSR count). The number of hydrogen-bond donors (Lipinski definition) is 2. The molecular formula is C26H40O6. The van der Waals surface area contributed by atoms with E-state index in [1.807, 2.05) is 0 Å². The predicted octanol–water partition coefficient (Wildman–Crippen LogP) is 4.04. The third-order valence-electron chi connectivity index (χ3n) is 10.9. The number of ketones is 1. The van der Waals surface area contributed by atoms with Gasteiger partial charge in [-0.15, -0.1) is 0 Å². The molecule has 32 heavy (non-hydrogen) atoms. The molecule has 0 aromatic rings. The van der Waals surface area contributed by atoms with Crippen LogP contribution in [-0.2, 0) is 19.1 Å². The summed E-state index contributed by atoms with van der Waals surface area (Å²) in [5.41, 5.74) is -0.398. The van der Waals surface area contributed by atoms with E-state index in [2.05, 4.69) is 20.8 Å². The number of Topliss-reactive ketones (excluding diaryl/α,β-unsaturated/α-hetero) is 1. The van der Waals surface area contributed by atoms with E-state index in [0.29, 0.717) is 37.8 Å². The molecule has 9 atom stereocenters. The van der Waals surface area contributed by atoms with Crippen LogP contribution in [0, 0.1) is 46.3 Å². The van der Waals surface area contributed by atoms with E-state index in [9.17, 15) is 14.7 Å². The molecule has 6 nitrogen and oxygen atoms in total. The number of aliphatic hydroxyl groups excluding tert-OH is 1. The number of carbonyl (C=O) groups is 2. The van der Waals surface area contributed by atoms with Crippen molar-refractivity contribution in [3.05, 3.63) is 0 Å². The van der Waals surface area contributed by atoms with Crippen LogP contribution in [0.25, 0.3) is 0 Å². The highest BCUT2D eigenvalue weighted by atomic mass is 16.7. The van der Waals surface area contributed by atoms with Crippen LogP contribution in [0.5, 0.6) is 0 Å². The van der Waals surface area contributed by atoms with Crippen LogP contribution in [0.1, 0.15) is 78.6 Å². The second kappa shape index (κ2) is 7.78. The standard InChI is InChI=1S/C26H40O6/c1-15(4-7-22(29)30)17-5-6-18-23-19(13-21(28)25(17,18)3)24(2)8-9-26(31-10-11-32-26)14-16(24)12-20(23)27/h15-20,23,27H,4-14H2,1-3H3,(H,29,30)/t15-,16+,17+,18-,19+,20+,23+,24-,25+/m0/s1. The van der Waals surface area contributed by atoms with Gasteiger partial charge in [-0.3, -0.25) is 9.59 Å². The van der Waals surface area contributed by atoms with Crippen LogP contribution in [-0.4, -0.2) is 47.1 Å². The number of carboxylic acid groups (broad SMARTS) is 1. The van der Waals surface area contributed by atoms with Gasteiger partial charge >= 0.3 is 5.97 Å². The molecule has 1 heterocycles. The first-order valence-electron chi connectivity index (χ1n) is 12.8. The zero-order valence-electron chi connectivity index (χ0n) is 19.8. The maximum Gasteiger partial charge on any atom is 0.303 e. The van der Waals surface area contributed by atoms with Crippen molar-refractivity contribution >= 4 is 11.8 Å². The zero-order chi connectivity index (χ0) is 22.9. The van der Waals surface area contributed by atoms with Gasteiger partial charge < -0.3 is 19.7 Å². The van der Waals surface area contributed by atoms with Crippen molar-refractivity contribution in [1.29, 1.82) is 0 Å². The monoisotopic (exact) mass is 448 g/mol. The van der Waals surface area contributed by atoms with Crippen LogP contribution >= 0.6 is 0 Å². The van der Waals surface area contributed by atoms with Crippen molar-refractivity contribution in [2.24, 2.45) is 46.3 Å². The van der Waals surface area contributed by atoms with Gasteiger partial charge in [-0.25, -0.2) is 0 Å². The summed E-state index contributed by atoms with van der Waals surface area (Å²) in [7, 11) is 0. The normalized spacial score (nSPS) is 48.2. The van der Waals surface area contributed by atoms with E-state index in [0.717, 1.165) is 38.5 Å². The van der Waals surface area contributed by atoms with Crippen LogP contribution < -0.4 is 0 Å². The molecule has 0 unspecified atom stereocenters. The molecule has 6 heteroatoms. The van der Waals surface area contributed by atoms with E-state index in [1.54, 1.807) is 0 Å². The Morgan fingerprint density at radius 3 is 2.56 bits per heavy atom. The molecule has 0 radical (unpaired) electrons. The molecule has 4 saturated carbocycles. The second-order valence-corrected chi connectivity index (χ2v) is 12.1. The first kappa shape index (κ1) is 22.8. The Bertz CT molecular complexity index is 774. The lowest BCUT2D eigenvalue weighted by atomic mass is 9.43. The maximum atomic E-state index is 13.8. The number of aliphatic hydroxyl groups is 1. The molecular weight excluding hydrogens is 408 g/mol. The molecule has 1 aliphatic heterocycles. The highest BCUT2D eigenvalue weighted by Crippen LogP contribution is 2.68. The van der Waals surface area contributed by atoms with E-state index < -0.39 is 17.2 Å². The van der Waals surface area contributed by atoms with E-state index >= 15 is 0 Å². The van der Waals surface area contributed by atoms with Gasteiger partial charge in [0.2, 0.25) is 0 Å². The Labute approximate surface area is 191 Å². The summed E-state index contributed by atoms with van der Waals surface area (Å²) in [6, 6.07) is 0. The summed E-state index contributed by atoms with van der Waals surface area (Å²) in [5, 5.41) is 20.6. The minimum atomic E-state index is -0.765. The van der Waals surface area contributed by atoms with Gasteiger partial charge in [-0.1, -0.05) is 20.8 Å². The summed E-state index contributed by atoms with van der Waals surface area (Å²) in [5.74, 6) is 0.438. The Balaban J connectivity index is 1.40. The topological polar surface area (TPSA) is 93.1 Å². The van der Waals surface area contributed by atoms with Crippen LogP contribution in [0.4, 0.5) is 0 Å². The quantitative estimate of drug-likeness (QED) is 0.674. The van der Waals surface area contributed by atoms with Crippen molar-refractivity contribution < 1.29 is 29.3 Å². The third kappa shape index (κ3) is 3.23. The lowest BCUT2D eigenvalue weighted by Gasteiger charge is -2.62. The molecule has 180 valence electrons. The summed E-state index contributed by atoms with van der Waals surface area (Å²) in [6.07, 6.45) is 6.35. The number of ether oxygens (including phenoxy) is 2. The molecule has 0 aromatic heterocycles. The van der Waals surface area contributed by atoms with Gasteiger partial charge in [0.05, 0.1) is 19.3 Å². The molecule has 1 saturated heterocycles. The minimum absolute atomic E-state index is 0.0362. The molecule has 0 aromatic carbocycles. The van der Waals surface area contributed by atoms with E-state index in [-0.39, 0.29) is 47.5 Å². The summed E-state index contributed by atoms with van der Waals surface area (Å²) in [6.45, 7) is 7.93. The van der Waals surface area contributed by atoms with Crippen LogP contribution in [0.15, 0.2) is 0 Å². The molecule has 1 spiro atoms. The fourth-order valence-corrected chi connectivity index (χ4v) is 9.14. The highest BCUT2D eigenvalue weighted by Gasteiger charge is 2.67. The van der Waals surface area contributed by atoms with Crippen molar-refractivity contribution in [2.75, 3.05) is 13.2 Å². The van der Waals surface area contributed by atoms with Crippen molar-refractivity contribution in [3.8, 4) is 0 Å². The van der Waals surface area contributed by atoms with E-state index in [1.165, 1.54) is 0 Å². The van der Waals surface area contributed by atoms with Gasteiger partial charge in [-0.2, -0.15) is 0 Å². The number of hydrogen-bond acceptors (Lipinski definition) is 5. The second-order valence-electron chi connectivity index (χ2n) is 12.1. The first-order valence-corrected chi connectivity index (χ1v) is 12.8. The molecule has 4 aliphatic carbocycles. The zero-order valence-corrected chi connectivity index (χ0v) is 19.8. The number of carbonyl (C=O) groups excluding carboxylic acids is 1.